The van der Waals surface area contributed by atoms with Crippen LogP contribution in [-0.4, -0.2) is 16.0 Å². The van der Waals surface area contributed by atoms with Crippen LogP contribution in [0.2, 0.25) is 5.02 Å². The molecule has 2 rings (SSSR count). The maximum absolute atomic E-state index is 13.6. The molecular formula is C14H9ClFNO5. The van der Waals surface area contributed by atoms with Crippen LogP contribution in [0.4, 0.5) is 10.1 Å². The molecule has 0 saturated carbocycles. The number of benzene rings is 2. The minimum absolute atomic E-state index is 0.0232. The standard InChI is InChI=1S/C14H9ClFNO5/c15-10-2-1-3-11(16)13(10)14(19)22-12-5-4-9(17(20)21)6-8(12)7-18/h1-6,18H,7H2. The first-order valence-corrected chi connectivity index (χ1v) is 6.36. The van der Waals surface area contributed by atoms with Gasteiger partial charge >= 0.3 is 5.97 Å². The Morgan fingerprint density at radius 1 is 1.36 bits per heavy atom. The highest BCUT2D eigenvalue weighted by Gasteiger charge is 2.20. The summed E-state index contributed by atoms with van der Waals surface area (Å²) in [5, 5.41) is 19.7. The summed E-state index contributed by atoms with van der Waals surface area (Å²) in [6, 6.07) is 7.02. The number of nitro groups is 1. The van der Waals surface area contributed by atoms with Gasteiger partial charge in [0, 0.05) is 17.7 Å². The molecule has 0 spiro atoms. The molecule has 0 unspecified atom stereocenters. The molecule has 2 aromatic rings. The average Bonchev–Trinajstić information content (AvgIpc) is 2.47. The summed E-state index contributed by atoms with van der Waals surface area (Å²) in [7, 11) is 0. The Bertz CT molecular complexity index is 730. The molecule has 22 heavy (non-hydrogen) atoms. The minimum atomic E-state index is -1.06. The van der Waals surface area contributed by atoms with Crippen LogP contribution in [0.5, 0.6) is 5.75 Å². The van der Waals surface area contributed by atoms with Gasteiger partial charge in [-0.25, -0.2) is 9.18 Å². The number of carbonyl (C=O) groups excluding carboxylic acids is 1. The molecule has 2 aromatic carbocycles. The van der Waals surface area contributed by atoms with Crippen molar-refractivity contribution in [3.05, 3.63) is 68.5 Å². The van der Waals surface area contributed by atoms with Gasteiger partial charge in [-0.05, 0) is 18.2 Å². The summed E-state index contributed by atoms with van der Waals surface area (Å²) < 4.78 is 18.6. The van der Waals surface area contributed by atoms with Gasteiger partial charge < -0.3 is 9.84 Å². The van der Waals surface area contributed by atoms with E-state index in [1.165, 1.54) is 12.1 Å². The fourth-order valence-electron chi connectivity index (χ4n) is 1.75. The first-order valence-electron chi connectivity index (χ1n) is 5.98. The highest BCUT2D eigenvalue weighted by molar-refractivity contribution is 6.33. The lowest BCUT2D eigenvalue weighted by Gasteiger charge is -2.09. The predicted molar refractivity (Wildman–Crippen MR) is 75.4 cm³/mol. The van der Waals surface area contributed by atoms with Crippen LogP contribution in [-0.2, 0) is 6.61 Å². The maximum atomic E-state index is 13.6. The second kappa shape index (κ2) is 6.50. The van der Waals surface area contributed by atoms with E-state index in [0.29, 0.717) is 0 Å². The lowest BCUT2D eigenvalue weighted by atomic mass is 10.2. The lowest BCUT2D eigenvalue weighted by molar-refractivity contribution is -0.385. The van der Waals surface area contributed by atoms with Crippen molar-refractivity contribution in [2.75, 3.05) is 0 Å². The van der Waals surface area contributed by atoms with Gasteiger partial charge in [0.15, 0.2) is 0 Å². The summed E-state index contributed by atoms with van der Waals surface area (Å²) in [5.74, 6) is -2.03. The molecular weight excluding hydrogens is 317 g/mol. The topological polar surface area (TPSA) is 89.7 Å². The maximum Gasteiger partial charge on any atom is 0.348 e. The molecule has 0 aliphatic heterocycles. The molecule has 1 N–H and O–H groups in total. The number of carbonyl (C=O) groups is 1. The number of hydrogen-bond acceptors (Lipinski definition) is 5. The zero-order valence-electron chi connectivity index (χ0n) is 11.0. The van der Waals surface area contributed by atoms with E-state index in [-0.39, 0.29) is 22.0 Å². The number of esters is 1. The zero-order chi connectivity index (χ0) is 16.3. The Labute approximate surface area is 128 Å². The van der Waals surface area contributed by atoms with Crippen molar-refractivity contribution in [1.29, 1.82) is 0 Å². The molecule has 0 radical (unpaired) electrons. The highest BCUT2D eigenvalue weighted by atomic mass is 35.5. The van der Waals surface area contributed by atoms with Crippen LogP contribution in [0.3, 0.4) is 0 Å². The van der Waals surface area contributed by atoms with Gasteiger partial charge in [0.2, 0.25) is 0 Å². The Balaban J connectivity index is 2.34. The number of nitrogens with zero attached hydrogens (tertiary/aromatic N) is 1. The molecule has 0 bridgehead atoms. The molecule has 0 saturated heterocycles. The molecule has 8 heteroatoms. The van der Waals surface area contributed by atoms with Crippen LogP contribution < -0.4 is 4.74 Å². The number of nitro benzene ring substituents is 1. The quantitative estimate of drug-likeness (QED) is 0.404. The van der Waals surface area contributed by atoms with Crippen LogP contribution in [0.1, 0.15) is 15.9 Å². The van der Waals surface area contributed by atoms with Crippen LogP contribution in [0.15, 0.2) is 36.4 Å². The number of aliphatic hydroxyl groups excluding tert-OH is 1. The molecule has 0 heterocycles. The summed E-state index contributed by atoms with van der Waals surface area (Å²) in [6.45, 7) is -0.588. The molecule has 0 aromatic heterocycles. The van der Waals surface area contributed by atoms with Crippen molar-refractivity contribution in [2.45, 2.75) is 6.61 Å². The van der Waals surface area contributed by atoms with E-state index in [0.717, 1.165) is 24.3 Å². The summed E-state index contributed by atoms with van der Waals surface area (Å²) in [6.07, 6.45) is 0. The van der Waals surface area contributed by atoms with Crippen LogP contribution in [0, 0.1) is 15.9 Å². The number of ether oxygens (including phenoxy) is 1. The van der Waals surface area contributed by atoms with Crippen LogP contribution >= 0.6 is 11.6 Å². The summed E-state index contributed by atoms with van der Waals surface area (Å²) in [5.41, 5.74) is -0.700. The summed E-state index contributed by atoms with van der Waals surface area (Å²) in [4.78, 5) is 22.0. The fourth-order valence-corrected chi connectivity index (χ4v) is 1.99. The third kappa shape index (κ3) is 3.21. The summed E-state index contributed by atoms with van der Waals surface area (Å²) >= 11 is 5.75. The number of halogens is 2. The predicted octanol–water partition coefficient (Wildman–Crippen LogP) is 3.10. The smallest absolute Gasteiger partial charge is 0.348 e. The number of hydrogen-bond donors (Lipinski definition) is 1. The van der Waals surface area contributed by atoms with E-state index in [4.69, 9.17) is 16.3 Å². The largest absolute Gasteiger partial charge is 0.422 e. The van der Waals surface area contributed by atoms with E-state index in [1.807, 2.05) is 0 Å². The minimum Gasteiger partial charge on any atom is -0.422 e. The molecule has 6 nitrogen and oxygen atoms in total. The molecule has 0 aliphatic rings. The highest BCUT2D eigenvalue weighted by Crippen LogP contribution is 2.27. The van der Waals surface area contributed by atoms with E-state index in [9.17, 15) is 24.4 Å². The third-order valence-corrected chi connectivity index (χ3v) is 3.11. The molecule has 0 fully saturated rings. The number of non-ortho nitro benzene ring substituents is 1. The van der Waals surface area contributed by atoms with Crippen molar-refractivity contribution < 1.29 is 24.0 Å². The second-order valence-corrected chi connectivity index (χ2v) is 4.60. The first kappa shape index (κ1) is 15.9. The monoisotopic (exact) mass is 325 g/mol. The average molecular weight is 326 g/mol. The van der Waals surface area contributed by atoms with Gasteiger partial charge in [-0.3, -0.25) is 10.1 Å². The van der Waals surface area contributed by atoms with E-state index >= 15 is 0 Å². The molecule has 0 amide bonds. The van der Waals surface area contributed by atoms with Crippen molar-refractivity contribution in [1.82, 2.24) is 0 Å². The van der Waals surface area contributed by atoms with Crippen molar-refractivity contribution in [2.24, 2.45) is 0 Å². The lowest BCUT2D eigenvalue weighted by Crippen LogP contribution is -2.12. The van der Waals surface area contributed by atoms with Crippen molar-refractivity contribution in [3.63, 3.8) is 0 Å². The fraction of sp³-hybridized carbons (Fsp3) is 0.0714. The molecule has 0 atom stereocenters. The van der Waals surface area contributed by atoms with Crippen molar-refractivity contribution in [3.8, 4) is 5.75 Å². The van der Waals surface area contributed by atoms with Gasteiger partial charge in [-0.1, -0.05) is 17.7 Å². The zero-order valence-corrected chi connectivity index (χ0v) is 11.7. The third-order valence-electron chi connectivity index (χ3n) is 2.79. The van der Waals surface area contributed by atoms with Gasteiger partial charge in [0.25, 0.3) is 5.69 Å². The van der Waals surface area contributed by atoms with E-state index < -0.39 is 28.9 Å². The number of aliphatic hydroxyl groups is 1. The Hall–Kier alpha value is -2.51. The first-order chi connectivity index (χ1) is 10.4. The Morgan fingerprint density at radius 3 is 2.68 bits per heavy atom. The normalized spacial score (nSPS) is 10.3. The van der Waals surface area contributed by atoms with Gasteiger partial charge in [-0.2, -0.15) is 0 Å². The van der Waals surface area contributed by atoms with E-state index in [2.05, 4.69) is 0 Å². The van der Waals surface area contributed by atoms with E-state index in [1.54, 1.807) is 0 Å². The second-order valence-electron chi connectivity index (χ2n) is 4.19. The Morgan fingerprint density at radius 2 is 2.09 bits per heavy atom. The van der Waals surface area contributed by atoms with Crippen molar-refractivity contribution >= 4 is 23.3 Å². The Kier molecular flexibility index (Phi) is 4.69. The number of rotatable bonds is 4. The molecule has 114 valence electrons. The van der Waals surface area contributed by atoms with Gasteiger partial charge in [0.1, 0.15) is 17.1 Å². The SMILES string of the molecule is O=C(Oc1ccc([N+](=O)[O-])cc1CO)c1c(F)cccc1Cl. The molecule has 0 aliphatic carbocycles. The van der Waals surface area contributed by atoms with Gasteiger partial charge in [-0.15, -0.1) is 0 Å². The van der Waals surface area contributed by atoms with Crippen LogP contribution in [0.25, 0.3) is 0 Å². The van der Waals surface area contributed by atoms with Gasteiger partial charge in [0.05, 0.1) is 16.6 Å².